The van der Waals surface area contributed by atoms with Gasteiger partial charge in [-0.25, -0.2) is 0 Å². The van der Waals surface area contributed by atoms with Crippen LogP contribution in [-0.2, 0) is 6.54 Å². The second-order valence-corrected chi connectivity index (χ2v) is 6.89. The van der Waals surface area contributed by atoms with Gasteiger partial charge in [-0.2, -0.15) is 5.10 Å². The first-order chi connectivity index (χ1) is 12.7. The summed E-state index contributed by atoms with van der Waals surface area (Å²) in [7, 11) is 0. The van der Waals surface area contributed by atoms with E-state index >= 15 is 0 Å². The van der Waals surface area contributed by atoms with Crippen molar-refractivity contribution < 1.29 is 4.79 Å². The zero-order chi connectivity index (χ0) is 17.9. The molecule has 2 aromatic heterocycles. The quantitative estimate of drug-likeness (QED) is 0.786. The zero-order valence-electron chi connectivity index (χ0n) is 14.6. The summed E-state index contributed by atoms with van der Waals surface area (Å²) in [6, 6.07) is 10.8. The van der Waals surface area contributed by atoms with Gasteiger partial charge in [0.1, 0.15) is 0 Å². The van der Waals surface area contributed by atoms with E-state index in [9.17, 15) is 9.59 Å². The van der Waals surface area contributed by atoms with Crippen LogP contribution in [0.2, 0.25) is 0 Å². The van der Waals surface area contributed by atoms with Crippen LogP contribution in [0, 0.1) is 5.92 Å². The standard InChI is InChI=1S/C20H22N4O2/c25-19-14-17(16-4-1-2-5-18(16)22-19)20(26)23-11-6-15(7-12-23)8-13-24-10-3-9-21-24/h1-5,9-10,14-15H,6-8,11-13H2,(H,22,25). The van der Waals surface area contributed by atoms with Gasteiger partial charge in [0, 0.05) is 49.0 Å². The lowest BCUT2D eigenvalue weighted by molar-refractivity contribution is 0.0686. The summed E-state index contributed by atoms with van der Waals surface area (Å²) in [6.07, 6.45) is 6.85. The van der Waals surface area contributed by atoms with E-state index in [1.54, 1.807) is 6.20 Å². The average molecular weight is 350 g/mol. The molecule has 1 fully saturated rings. The number of hydrogen-bond donors (Lipinski definition) is 1. The van der Waals surface area contributed by atoms with E-state index in [-0.39, 0.29) is 11.5 Å². The lowest BCUT2D eigenvalue weighted by Gasteiger charge is -2.32. The number of carbonyl (C=O) groups is 1. The predicted octanol–water partition coefficient (Wildman–Crippen LogP) is 2.67. The minimum atomic E-state index is -0.235. The van der Waals surface area contributed by atoms with E-state index in [1.807, 2.05) is 46.1 Å². The number of piperidine rings is 1. The molecule has 1 saturated heterocycles. The first kappa shape index (κ1) is 16.6. The molecule has 3 aromatic rings. The first-order valence-corrected chi connectivity index (χ1v) is 9.09. The number of nitrogens with one attached hydrogen (secondary N) is 1. The van der Waals surface area contributed by atoms with Crippen LogP contribution < -0.4 is 5.56 Å². The van der Waals surface area contributed by atoms with Crippen molar-refractivity contribution in [3.63, 3.8) is 0 Å². The van der Waals surface area contributed by atoms with E-state index in [0.717, 1.165) is 44.3 Å². The second-order valence-electron chi connectivity index (χ2n) is 6.89. The number of aromatic amines is 1. The Morgan fingerprint density at radius 1 is 1.19 bits per heavy atom. The maximum Gasteiger partial charge on any atom is 0.254 e. The average Bonchev–Trinajstić information content (AvgIpc) is 3.19. The molecule has 1 aliphatic rings. The van der Waals surface area contributed by atoms with Gasteiger partial charge in [0.25, 0.3) is 5.91 Å². The summed E-state index contributed by atoms with van der Waals surface area (Å²) in [5.41, 5.74) is 0.970. The molecule has 0 spiro atoms. The molecular weight excluding hydrogens is 328 g/mol. The monoisotopic (exact) mass is 350 g/mol. The molecule has 134 valence electrons. The Labute approximate surface area is 151 Å². The Morgan fingerprint density at radius 3 is 2.77 bits per heavy atom. The van der Waals surface area contributed by atoms with Gasteiger partial charge in [-0.15, -0.1) is 0 Å². The fourth-order valence-corrected chi connectivity index (χ4v) is 3.72. The molecule has 0 unspecified atom stereocenters. The summed E-state index contributed by atoms with van der Waals surface area (Å²) in [5.74, 6) is 0.567. The van der Waals surface area contributed by atoms with Gasteiger partial charge in [0.2, 0.25) is 5.56 Å². The van der Waals surface area contributed by atoms with Crippen molar-refractivity contribution in [1.82, 2.24) is 19.7 Å². The Hall–Kier alpha value is -2.89. The van der Waals surface area contributed by atoms with Crippen LogP contribution in [0.15, 0.2) is 53.6 Å². The molecule has 1 aromatic carbocycles. The molecule has 0 bridgehead atoms. The fourth-order valence-electron chi connectivity index (χ4n) is 3.72. The number of para-hydroxylation sites is 1. The lowest BCUT2D eigenvalue weighted by Crippen LogP contribution is -2.39. The van der Waals surface area contributed by atoms with Gasteiger partial charge in [-0.1, -0.05) is 18.2 Å². The summed E-state index contributed by atoms with van der Waals surface area (Å²) in [6.45, 7) is 2.40. The van der Waals surface area contributed by atoms with Gasteiger partial charge in [-0.3, -0.25) is 14.3 Å². The number of pyridine rings is 1. The SMILES string of the molecule is O=C(c1cc(=O)[nH]c2ccccc12)N1CCC(CCn2cccn2)CC1. The van der Waals surface area contributed by atoms with Crippen molar-refractivity contribution in [3.05, 3.63) is 64.7 Å². The first-order valence-electron chi connectivity index (χ1n) is 9.09. The highest BCUT2D eigenvalue weighted by atomic mass is 16.2. The molecule has 1 aliphatic heterocycles. The normalized spacial score (nSPS) is 15.5. The van der Waals surface area contributed by atoms with Crippen LogP contribution in [0.25, 0.3) is 10.9 Å². The maximum atomic E-state index is 13.0. The van der Waals surface area contributed by atoms with E-state index in [0.29, 0.717) is 17.0 Å². The van der Waals surface area contributed by atoms with E-state index in [4.69, 9.17) is 0 Å². The molecule has 6 heteroatoms. The number of hydrogen-bond acceptors (Lipinski definition) is 3. The highest BCUT2D eigenvalue weighted by Gasteiger charge is 2.25. The Morgan fingerprint density at radius 2 is 2.00 bits per heavy atom. The lowest BCUT2D eigenvalue weighted by atomic mass is 9.93. The molecule has 4 rings (SSSR count). The van der Waals surface area contributed by atoms with Crippen molar-refractivity contribution in [2.24, 2.45) is 5.92 Å². The molecule has 0 atom stereocenters. The number of likely N-dealkylation sites (tertiary alicyclic amines) is 1. The van der Waals surface area contributed by atoms with E-state index < -0.39 is 0 Å². The smallest absolute Gasteiger partial charge is 0.254 e. The van der Waals surface area contributed by atoms with Crippen LogP contribution in [-0.4, -0.2) is 38.7 Å². The van der Waals surface area contributed by atoms with Crippen LogP contribution >= 0.6 is 0 Å². The molecular formula is C20H22N4O2. The number of amides is 1. The van der Waals surface area contributed by atoms with Crippen LogP contribution in [0.1, 0.15) is 29.6 Å². The number of H-pyrrole nitrogens is 1. The van der Waals surface area contributed by atoms with Gasteiger partial charge in [-0.05, 0) is 37.3 Å². The third-order valence-electron chi connectivity index (χ3n) is 5.21. The van der Waals surface area contributed by atoms with Gasteiger partial charge < -0.3 is 9.88 Å². The number of carbonyl (C=O) groups excluding carboxylic acids is 1. The zero-order valence-corrected chi connectivity index (χ0v) is 14.6. The van der Waals surface area contributed by atoms with E-state index in [2.05, 4.69) is 10.1 Å². The number of benzene rings is 1. The number of nitrogens with zero attached hydrogens (tertiary/aromatic N) is 3. The summed E-state index contributed by atoms with van der Waals surface area (Å²) < 4.78 is 1.96. The third-order valence-corrected chi connectivity index (χ3v) is 5.21. The number of rotatable bonds is 4. The largest absolute Gasteiger partial charge is 0.339 e. The fraction of sp³-hybridized carbons (Fsp3) is 0.350. The molecule has 6 nitrogen and oxygen atoms in total. The van der Waals surface area contributed by atoms with Gasteiger partial charge in [0.15, 0.2) is 0 Å². The Bertz CT molecular complexity index is 953. The minimum Gasteiger partial charge on any atom is -0.339 e. The summed E-state index contributed by atoms with van der Waals surface area (Å²) in [5, 5.41) is 5.04. The van der Waals surface area contributed by atoms with Crippen molar-refractivity contribution >= 4 is 16.8 Å². The Balaban J connectivity index is 1.43. The molecule has 0 aliphatic carbocycles. The number of fused-ring (bicyclic) bond motifs is 1. The van der Waals surface area contributed by atoms with Gasteiger partial charge in [0.05, 0.1) is 5.56 Å². The third kappa shape index (κ3) is 3.40. The molecule has 0 saturated carbocycles. The molecule has 3 heterocycles. The van der Waals surface area contributed by atoms with Crippen molar-refractivity contribution in [2.45, 2.75) is 25.8 Å². The minimum absolute atomic E-state index is 0.0437. The molecule has 0 radical (unpaired) electrons. The molecule has 1 amide bonds. The van der Waals surface area contributed by atoms with Crippen LogP contribution in [0.3, 0.4) is 0 Å². The van der Waals surface area contributed by atoms with Crippen molar-refractivity contribution in [2.75, 3.05) is 13.1 Å². The van der Waals surface area contributed by atoms with Crippen LogP contribution in [0.4, 0.5) is 0 Å². The topological polar surface area (TPSA) is 71.0 Å². The molecule has 26 heavy (non-hydrogen) atoms. The van der Waals surface area contributed by atoms with Crippen molar-refractivity contribution in [1.29, 1.82) is 0 Å². The predicted molar refractivity (Wildman–Crippen MR) is 100 cm³/mol. The van der Waals surface area contributed by atoms with Crippen LogP contribution in [0.5, 0.6) is 0 Å². The maximum absolute atomic E-state index is 13.0. The van der Waals surface area contributed by atoms with E-state index in [1.165, 1.54) is 6.07 Å². The van der Waals surface area contributed by atoms with Crippen molar-refractivity contribution in [3.8, 4) is 0 Å². The second kappa shape index (κ2) is 7.15. The van der Waals surface area contributed by atoms with Gasteiger partial charge >= 0.3 is 0 Å². The summed E-state index contributed by atoms with van der Waals surface area (Å²) in [4.78, 5) is 29.6. The number of aryl methyl sites for hydroxylation is 1. The Kier molecular flexibility index (Phi) is 4.56. The number of aromatic nitrogens is 3. The summed E-state index contributed by atoms with van der Waals surface area (Å²) >= 11 is 0. The molecule has 1 N–H and O–H groups in total. The highest BCUT2D eigenvalue weighted by Crippen LogP contribution is 2.24. The highest BCUT2D eigenvalue weighted by molar-refractivity contribution is 6.05.